The molecule has 4 heteroatoms. The minimum absolute atomic E-state index is 0.0424. The first-order chi connectivity index (χ1) is 9.09. The first-order valence-corrected chi connectivity index (χ1v) is 7.50. The summed E-state index contributed by atoms with van der Waals surface area (Å²) < 4.78 is 5.72. The lowest BCUT2D eigenvalue weighted by molar-refractivity contribution is -0.0880. The number of aliphatic hydroxyl groups excluding tert-OH is 1. The zero-order valence-electron chi connectivity index (χ0n) is 11.6. The predicted molar refractivity (Wildman–Crippen MR) is 78.2 cm³/mol. The Morgan fingerprint density at radius 1 is 1.53 bits per heavy atom. The Balaban J connectivity index is 1.91. The Labute approximate surface area is 119 Å². The second kappa shape index (κ2) is 6.53. The fraction of sp³-hybridized carbons (Fsp3) is 0.600. The average molecular weight is 279 g/mol. The van der Waals surface area contributed by atoms with Crippen molar-refractivity contribution in [3.8, 4) is 11.8 Å². The van der Waals surface area contributed by atoms with Crippen molar-refractivity contribution in [3.63, 3.8) is 0 Å². The maximum absolute atomic E-state index is 8.70. The molecule has 1 saturated heterocycles. The lowest BCUT2D eigenvalue weighted by Crippen LogP contribution is -2.47. The van der Waals surface area contributed by atoms with Crippen molar-refractivity contribution in [1.82, 2.24) is 4.90 Å². The quantitative estimate of drug-likeness (QED) is 0.860. The van der Waals surface area contributed by atoms with Gasteiger partial charge in [0.1, 0.15) is 0 Å². The highest BCUT2D eigenvalue weighted by molar-refractivity contribution is 7.10. The molecular weight excluding hydrogens is 258 g/mol. The second-order valence-corrected chi connectivity index (χ2v) is 6.39. The van der Waals surface area contributed by atoms with Crippen LogP contribution in [0.5, 0.6) is 0 Å². The molecule has 0 bridgehead atoms. The molecule has 1 aromatic rings. The number of thiophene rings is 1. The van der Waals surface area contributed by atoms with Gasteiger partial charge in [0.15, 0.2) is 0 Å². The fourth-order valence-electron chi connectivity index (χ4n) is 2.22. The van der Waals surface area contributed by atoms with Crippen LogP contribution in [-0.4, -0.2) is 41.9 Å². The van der Waals surface area contributed by atoms with Crippen LogP contribution in [0.1, 0.15) is 30.7 Å². The van der Waals surface area contributed by atoms with Crippen molar-refractivity contribution >= 4 is 11.3 Å². The van der Waals surface area contributed by atoms with Gasteiger partial charge in [0.05, 0.1) is 18.8 Å². The Kier molecular flexibility index (Phi) is 5.00. The number of morpholine rings is 1. The molecule has 1 fully saturated rings. The lowest BCUT2D eigenvalue weighted by Gasteiger charge is -2.37. The number of aliphatic hydroxyl groups is 1. The molecule has 104 valence electrons. The van der Waals surface area contributed by atoms with Crippen LogP contribution in [0.4, 0.5) is 0 Å². The van der Waals surface area contributed by atoms with Crippen LogP contribution >= 0.6 is 11.3 Å². The van der Waals surface area contributed by atoms with Gasteiger partial charge in [0.2, 0.25) is 0 Å². The number of nitrogens with zero attached hydrogens (tertiary/aromatic N) is 1. The number of rotatable bonds is 3. The molecule has 0 unspecified atom stereocenters. The van der Waals surface area contributed by atoms with E-state index >= 15 is 0 Å². The summed E-state index contributed by atoms with van der Waals surface area (Å²) in [7, 11) is 0. The second-order valence-electron chi connectivity index (χ2n) is 5.40. The standard InChI is InChI=1S/C15H21NO2S/c1-15(2)12-16(6-8-18-15)10-14-9-13(11-19-14)5-3-4-7-17/h9,11,17H,4,6-8,10,12H2,1-2H3. The fourth-order valence-corrected chi connectivity index (χ4v) is 3.08. The summed E-state index contributed by atoms with van der Waals surface area (Å²) in [4.78, 5) is 3.77. The summed E-state index contributed by atoms with van der Waals surface area (Å²) in [6.45, 7) is 8.15. The number of ether oxygens (including phenoxy) is 1. The Hall–Kier alpha value is -0.860. The molecule has 0 atom stereocenters. The van der Waals surface area contributed by atoms with E-state index in [1.165, 1.54) is 4.88 Å². The molecule has 0 spiro atoms. The van der Waals surface area contributed by atoms with Gasteiger partial charge in [-0.15, -0.1) is 11.3 Å². The van der Waals surface area contributed by atoms with E-state index in [1.807, 2.05) is 0 Å². The molecule has 1 aliphatic rings. The van der Waals surface area contributed by atoms with E-state index in [4.69, 9.17) is 9.84 Å². The first-order valence-electron chi connectivity index (χ1n) is 6.62. The third-order valence-electron chi connectivity index (χ3n) is 3.01. The van der Waals surface area contributed by atoms with Gasteiger partial charge in [-0.2, -0.15) is 0 Å². The van der Waals surface area contributed by atoms with Crippen molar-refractivity contribution in [2.24, 2.45) is 0 Å². The summed E-state index contributed by atoms with van der Waals surface area (Å²) >= 11 is 1.75. The Morgan fingerprint density at radius 3 is 3.11 bits per heavy atom. The zero-order chi connectivity index (χ0) is 13.7. The van der Waals surface area contributed by atoms with Crippen molar-refractivity contribution in [2.45, 2.75) is 32.4 Å². The normalized spacial score (nSPS) is 18.9. The average Bonchev–Trinajstić information content (AvgIpc) is 2.76. The highest BCUT2D eigenvalue weighted by Gasteiger charge is 2.27. The summed E-state index contributed by atoms with van der Waals surface area (Å²) in [6, 6.07) is 2.15. The first kappa shape index (κ1) is 14.5. The highest BCUT2D eigenvalue weighted by atomic mass is 32.1. The number of hydrogen-bond donors (Lipinski definition) is 1. The Bertz CT molecular complexity index is 470. The smallest absolute Gasteiger partial charge is 0.0753 e. The van der Waals surface area contributed by atoms with Gasteiger partial charge in [0, 0.05) is 41.9 Å². The molecule has 1 N–H and O–H groups in total. The van der Waals surface area contributed by atoms with Crippen molar-refractivity contribution in [3.05, 3.63) is 21.9 Å². The highest BCUT2D eigenvalue weighted by Crippen LogP contribution is 2.21. The molecule has 2 rings (SSSR count). The molecule has 0 amide bonds. The van der Waals surface area contributed by atoms with E-state index < -0.39 is 0 Å². The molecule has 19 heavy (non-hydrogen) atoms. The van der Waals surface area contributed by atoms with Crippen LogP contribution in [0.2, 0.25) is 0 Å². The van der Waals surface area contributed by atoms with Gasteiger partial charge in [-0.1, -0.05) is 11.8 Å². The molecule has 0 aliphatic carbocycles. The monoisotopic (exact) mass is 279 g/mol. The van der Waals surface area contributed by atoms with E-state index in [-0.39, 0.29) is 12.2 Å². The summed E-state index contributed by atoms with van der Waals surface area (Å²) in [6.07, 6.45) is 0.544. The SMILES string of the molecule is CC1(C)CN(Cc2cc(C#CCCO)cs2)CCO1. The minimum atomic E-state index is -0.0424. The van der Waals surface area contributed by atoms with Gasteiger partial charge in [-0.3, -0.25) is 4.90 Å². The summed E-state index contributed by atoms with van der Waals surface area (Å²) in [5, 5.41) is 10.8. The van der Waals surface area contributed by atoms with Gasteiger partial charge < -0.3 is 9.84 Å². The molecule has 0 aromatic carbocycles. The number of hydrogen-bond acceptors (Lipinski definition) is 4. The molecule has 3 nitrogen and oxygen atoms in total. The maximum atomic E-state index is 8.70. The molecule has 2 heterocycles. The summed E-state index contributed by atoms with van der Waals surface area (Å²) in [5.74, 6) is 6.03. The lowest BCUT2D eigenvalue weighted by atomic mass is 10.1. The largest absolute Gasteiger partial charge is 0.395 e. The van der Waals surface area contributed by atoms with Crippen LogP contribution in [0.3, 0.4) is 0 Å². The van der Waals surface area contributed by atoms with E-state index in [9.17, 15) is 0 Å². The van der Waals surface area contributed by atoms with Crippen LogP contribution in [0.15, 0.2) is 11.4 Å². The van der Waals surface area contributed by atoms with Crippen LogP contribution < -0.4 is 0 Å². The van der Waals surface area contributed by atoms with E-state index in [1.54, 1.807) is 11.3 Å². The van der Waals surface area contributed by atoms with Gasteiger partial charge in [-0.25, -0.2) is 0 Å². The minimum Gasteiger partial charge on any atom is -0.395 e. The van der Waals surface area contributed by atoms with Crippen LogP contribution in [0.25, 0.3) is 0 Å². The third-order valence-corrected chi connectivity index (χ3v) is 3.93. The maximum Gasteiger partial charge on any atom is 0.0753 e. The van der Waals surface area contributed by atoms with Gasteiger partial charge in [0.25, 0.3) is 0 Å². The van der Waals surface area contributed by atoms with Crippen molar-refractivity contribution < 1.29 is 9.84 Å². The van der Waals surface area contributed by atoms with E-state index in [2.05, 4.69) is 42.0 Å². The van der Waals surface area contributed by atoms with Gasteiger partial charge in [-0.05, 0) is 19.9 Å². The topological polar surface area (TPSA) is 32.7 Å². The molecule has 1 aromatic heterocycles. The summed E-state index contributed by atoms with van der Waals surface area (Å²) in [5.41, 5.74) is 1.01. The third kappa shape index (κ3) is 4.63. The molecular formula is C15H21NO2S. The van der Waals surface area contributed by atoms with Crippen LogP contribution in [0, 0.1) is 11.8 Å². The Morgan fingerprint density at radius 2 is 2.37 bits per heavy atom. The molecule has 0 radical (unpaired) electrons. The van der Waals surface area contributed by atoms with E-state index in [0.717, 1.165) is 31.8 Å². The predicted octanol–water partition coefficient (Wildman–Crippen LogP) is 2.09. The zero-order valence-corrected chi connectivity index (χ0v) is 12.4. The molecule has 0 saturated carbocycles. The van der Waals surface area contributed by atoms with Crippen molar-refractivity contribution in [1.29, 1.82) is 0 Å². The van der Waals surface area contributed by atoms with E-state index in [0.29, 0.717) is 6.42 Å². The van der Waals surface area contributed by atoms with Crippen molar-refractivity contribution in [2.75, 3.05) is 26.3 Å². The van der Waals surface area contributed by atoms with Crippen LogP contribution in [-0.2, 0) is 11.3 Å². The molecule has 1 aliphatic heterocycles. The van der Waals surface area contributed by atoms with Gasteiger partial charge >= 0.3 is 0 Å².